The first kappa shape index (κ1) is 21.0. The van der Waals surface area contributed by atoms with E-state index in [1.54, 1.807) is 0 Å². The van der Waals surface area contributed by atoms with Crippen LogP contribution in [0.1, 0.15) is 43.0 Å². The zero-order valence-corrected chi connectivity index (χ0v) is 18.9. The molecule has 1 aliphatic heterocycles. The van der Waals surface area contributed by atoms with E-state index in [-0.39, 0.29) is 30.0 Å². The number of amides is 2. The lowest BCUT2D eigenvalue weighted by Crippen LogP contribution is -2.47. The van der Waals surface area contributed by atoms with Gasteiger partial charge in [0.05, 0.1) is 32.0 Å². The summed E-state index contributed by atoms with van der Waals surface area (Å²) in [4.78, 5) is 27.4. The van der Waals surface area contributed by atoms with E-state index < -0.39 is 5.54 Å². The topological polar surface area (TPSA) is 130 Å². The third kappa shape index (κ3) is 3.79. The highest BCUT2D eigenvalue weighted by Gasteiger charge is 2.46. The highest BCUT2D eigenvalue weighted by atomic mass is 16.5. The summed E-state index contributed by atoms with van der Waals surface area (Å²) in [5, 5.41) is 13.7. The number of rotatable bonds is 6. The van der Waals surface area contributed by atoms with E-state index in [1.807, 2.05) is 36.9 Å². The Morgan fingerprint density at radius 3 is 2.48 bits per heavy atom. The molecule has 0 bridgehead atoms. The van der Waals surface area contributed by atoms with Crippen molar-refractivity contribution in [2.45, 2.75) is 44.3 Å². The van der Waals surface area contributed by atoms with Gasteiger partial charge in [0.25, 0.3) is 0 Å². The Kier molecular flexibility index (Phi) is 5.03. The molecule has 0 saturated heterocycles. The van der Waals surface area contributed by atoms with E-state index >= 15 is 0 Å². The summed E-state index contributed by atoms with van der Waals surface area (Å²) in [5.74, 6) is 1.14. The van der Waals surface area contributed by atoms with Crippen molar-refractivity contribution in [1.82, 2.24) is 35.4 Å². The standard InChI is InChI=1S/C22H26N8O3/c1-22(2)16-14(17(29-28-16)24-18-25-19(32-3)27-20(26-18)33-4)11-30(22)21(31)23-15-10-13(15)12-8-6-5-7-9-12/h5-9,13,15H,10-11H2,1-4H3,(H,23,31)(H2,24,25,26,27,28,29)/t13-,15?/m1/s1. The number of nitrogens with zero attached hydrogens (tertiary/aromatic N) is 5. The second-order valence-electron chi connectivity index (χ2n) is 8.64. The Balaban J connectivity index is 1.31. The van der Waals surface area contributed by atoms with Gasteiger partial charge in [0, 0.05) is 17.5 Å². The van der Waals surface area contributed by atoms with E-state index in [2.05, 4.69) is 47.9 Å². The molecule has 1 fully saturated rings. The molecule has 1 aromatic carbocycles. The molecule has 0 spiro atoms. The molecule has 1 saturated carbocycles. The van der Waals surface area contributed by atoms with Gasteiger partial charge in [0.2, 0.25) is 5.95 Å². The predicted molar refractivity (Wildman–Crippen MR) is 119 cm³/mol. The van der Waals surface area contributed by atoms with Gasteiger partial charge in [-0.05, 0) is 25.8 Å². The van der Waals surface area contributed by atoms with Crippen molar-refractivity contribution in [3.05, 3.63) is 47.2 Å². The molecule has 33 heavy (non-hydrogen) atoms. The van der Waals surface area contributed by atoms with Gasteiger partial charge >= 0.3 is 18.1 Å². The summed E-state index contributed by atoms with van der Waals surface area (Å²) in [6.07, 6.45) is 0.951. The summed E-state index contributed by atoms with van der Waals surface area (Å²) in [7, 11) is 2.93. The lowest BCUT2D eigenvalue weighted by atomic mass is 10.0. The molecule has 11 nitrogen and oxygen atoms in total. The Morgan fingerprint density at radius 1 is 1.12 bits per heavy atom. The van der Waals surface area contributed by atoms with Crippen LogP contribution in [0.3, 0.4) is 0 Å². The Morgan fingerprint density at radius 2 is 1.82 bits per heavy atom. The third-order valence-electron chi connectivity index (χ3n) is 6.23. The van der Waals surface area contributed by atoms with Crippen molar-refractivity contribution < 1.29 is 14.3 Å². The lowest BCUT2D eigenvalue weighted by Gasteiger charge is -2.32. The third-order valence-corrected chi connectivity index (χ3v) is 6.23. The fourth-order valence-electron chi connectivity index (χ4n) is 4.29. The van der Waals surface area contributed by atoms with Gasteiger partial charge in [0.15, 0.2) is 5.82 Å². The largest absolute Gasteiger partial charge is 0.467 e. The summed E-state index contributed by atoms with van der Waals surface area (Å²) in [6.45, 7) is 4.39. The van der Waals surface area contributed by atoms with E-state index in [0.29, 0.717) is 18.3 Å². The second kappa shape index (κ2) is 7.91. The number of hydrogen-bond acceptors (Lipinski definition) is 8. The second-order valence-corrected chi connectivity index (χ2v) is 8.64. The molecule has 2 amide bonds. The minimum Gasteiger partial charge on any atom is -0.467 e. The van der Waals surface area contributed by atoms with E-state index in [0.717, 1.165) is 17.7 Å². The molecule has 1 aliphatic carbocycles. The zero-order chi connectivity index (χ0) is 23.2. The van der Waals surface area contributed by atoms with Crippen molar-refractivity contribution >= 4 is 17.8 Å². The van der Waals surface area contributed by atoms with Crippen molar-refractivity contribution in [3.63, 3.8) is 0 Å². The molecule has 11 heteroatoms. The number of fused-ring (bicyclic) bond motifs is 1. The van der Waals surface area contributed by atoms with Crippen LogP contribution in [0.25, 0.3) is 0 Å². The molecular formula is C22H26N8O3. The number of nitrogens with one attached hydrogen (secondary N) is 3. The maximum atomic E-state index is 13.2. The first-order chi connectivity index (χ1) is 15.9. The number of anilines is 2. The SMILES string of the molecule is COc1nc(Nc2n[nH]c3c2CN(C(=O)NC2C[C@@H]2c2ccccc2)C3(C)C)nc(OC)n1. The number of methoxy groups -OCH3 is 2. The molecule has 2 aromatic heterocycles. The van der Waals surface area contributed by atoms with Gasteiger partial charge in [-0.2, -0.15) is 15.1 Å². The average molecular weight is 451 g/mol. The summed E-state index contributed by atoms with van der Waals surface area (Å²) in [5.41, 5.74) is 2.44. The Bertz CT molecular complexity index is 1160. The molecule has 2 atom stereocenters. The number of aromatic nitrogens is 5. The van der Waals surface area contributed by atoms with Crippen LogP contribution >= 0.6 is 0 Å². The fourth-order valence-corrected chi connectivity index (χ4v) is 4.29. The maximum absolute atomic E-state index is 13.2. The first-order valence-corrected chi connectivity index (χ1v) is 10.7. The fraction of sp³-hybridized carbons (Fsp3) is 0.409. The zero-order valence-electron chi connectivity index (χ0n) is 18.9. The highest BCUT2D eigenvalue weighted by molar-refractivity contribution is 5.78. The van der Waals surface area contributed by atoms with E-state index in [4.69, 9.17) is 9.47 Å². The summed E-state index contributed by atoms with van der Waals surface area (Å²) in [6, 6.07) is 10.6. The van der Waals surface area contributed by atoms with E-state index in [1.165, 1.54) is 19.8 Å². The minimum absolute atomic E-state index is 0.0949. The van der Waals surface area contributed by atoms with Crippen molar-refractivity contribution in [3.8, 4) is 12.0 Å². The number of hydrogen-bond donors (Lipinski definition) is 3. The number of ether oxygens (including phenoxy) is 2. The highest BCUT2D eigenvalue weighted by Crippen LogP contribution is 2.43. The molecule has 5 rings (SSSR count). The van der Waals surface area contributed by atoms with Crippen LogP contribution in [0.5, 0.6) is 12.0 Å². The monoisotopic (exact) mass is 450 g/mol. The van der Waals surface area contributed by atoms with Gasteiger partial charge in [-0.3, -0.25) is 5.10 Å². The Hall–Kier alpha value is -3.89. The lowest BCUT2D eigenvalue weighted by molar-refractivity contribution is 0.142. The van der Waals surface area contributed by atoms with Crippen LogP contribution in [0.2, 0.25) is 0 Å². The van der Waals surface area contributed by atoms with Gasteiger partial charge in [-0.15, -0.1) is 4.98 Å². The van der Waals surface area contributed by atoms with Crippen LogP contribution in [0.15, 0.2) is 30.3 Å². The van der Waals surface area contributed by atoms with Gasteiger partial charge < -0.3 is 25.0 Å². The summed E-state index contributed by atoms with van der Waals surface area (Å²) >= 11 is 0. The van der Waals surface area contributed by atoms with E-state index in [9.17, 15) is 4.79 Å². The van der Waals surface area contributed by atoms with Crippen LogP contribution in [0.4, 0.5) is 16.6 Å². The smallest absolute Gasteiger partial charge is 0.324 e. The van der Waals surface area contributed by atoms with Crippen LogP contribution < -0.4 is 20.1 Å². The molecule has 0 radical (unpaired) electrons. The molecular weight excluding hydrogens is 424 g/mol. The normalized spacial score (nSPS) is 20.2. The first-order valence-electron chi connectivity index (χ1n) is 10.7. The molecule has 1 unspecified atom stereocenters. The number of urea groups is 1. The van der Waals surface area contributed by atoms with Crippen LogP contribution in [0, 0.1) is 0 Å². The molecule has 3 N–H and O–H groups in total. The number of carbonyl (C=O) groups is 1. The summed E-state index contributed by atoms with van der Waals surface area (Å²) < 4.78 is 10.2. The van der Waals surface area contributed by atoms with Crippen molar-refractivity contribution in [2.24, 2.45) is 0 Å². The molecule has 3 heterocycles. The van der Waals surface area contributed by atoms with Crippen LogP contribution in [-0.2, 0) is 12.1 Å². The molecule has 3 aromatic rings. The van der Waals surface area contributed by atoms with Gasteiger partial charge in [0.1, 0.15) is 0 Å². The number of aromatic amines is 1. The maximum Gasteiger partial charge on any atom is 0.324 e. The van der Waals surface area contributed by atoms with Crippen LogP contribution in [-0.4, -0.2) is 56.3 Å². The number of benzene rings is 1. The molecule has 172 valence electrons. The van der Waals surface area contributed by atoms with Crippen molar-refractivity contribution in [2.75, 3.05) is 19.5 Å². The Labute approximate surface area is 190 Å². The number of H-pyrrole nitrogens is 1. The average Bonchev–Trinajstić information content (AvgIpc) is 3.38. The predicted octanol–water partition coefficient (Wildman–Crippen LogP) is 2.67. The van der Waals surface area contributed by atoms with Gasteiger partial charge in [-0.25, -0.2) is 4.79 Å². The molecule has 2 aliphatic rings. The van der Waals surface area contributed by atoms with Gasteiger partial charge in [-0.1, -0.05) is 30.3 Å². The quantitative estimate of drug-likeness (QED) is 0.523. The minimum atomic E-state index is -0.558. The van der Waals surface area contributed by atoms with Crippen molar-refractivity contribution in [1.29, 1.82) is 0 Å². The number of carbonyl (C=O) groups excluding carboxylic acids is 1.